The Kier molecular flexibility index (Phi) is 5.23. The SMILES string of the molecule is NCCCCc1nc(CSc2ccccc2)no1. The molecule has 0 atom stereocenters. The molecule has 2 N–H and O–H groups in total. The fraction of sp³-hybridized carbons (Fsp3) is 0.385. The van der Waals surface area contributed by atoms with Gasteiger partial charge in [0.2, 0.25) is 5.89 Å². The summed E-state index contributed by atoms with van der Waals surface area (Å²) < 4.78 is 5.18. The summed E-state index contributed by atoms with van der Waals surface area (Å²) in [6.45, 7) is 0.713. The van der Waals surface area contributed by atoms with E-state index in [-0.39, 0.29) is 0 Å². The third-order valence-corrected chi connectivity index (χ3v) is 3.47. The summed E-state index contributed by atoms with van der Waals surface area (Å²) in [5.74, 6) is 2.21. The maximum Gasteiger partial charge on any atom is 0.226 e. The average molecular weight is 263 g/mol. The number of unbranched alkanes of at least 4 members (excludes halogenated alkanes) is 1. The van der Waals surface area contributed by atoms with Crippen LogP contribution in [0, 0.1) is 0 Å². The number of aryl methyl sites for hydroxylation is 1. The van der Waals surface area contributed by atoms with Crippen molar-refractivity contribution >= 4 is 11.8 Å². The molecular weight excluding hydrogens is 246 g/mol. The van der Waals surface area contributed by atoms with Crippen molar-refractivity contribution in [1.82, 2.24) is 10.1 Å². The molecule has 1 heterocycles. The summed E-state index contributed by atoms with van der Waals surface area (Å²) >= 11 is 1.71. The Balaban J connectivity index is 1.80. The Hall–Kier alpha value is -1.33. The molecule has 2 aromatic rings. The first-order valence-electron chi connectivity index (χ1n) is 6.08. The van der Waals surface area contributed by atoms with Crippen molar-refractivity contribution in [2.45, 2.75) is 29.9 Å². The highest BCUT2D eigenvalue weighted by Gasteiger charge is 2.06. The number of nitrogens with zero attached hydrogens (tertiary/aromatic N) is 2. The third-order valence-electron chi connectivity index (χ3n) is 2.47. The third kappa shape index (κ3) is 4.16. The second-order valence-electron chi connectivity index (χ2n) is 3.95. The van der Waals surface area contributed by atoms with E-state index >= 15 is 0 Å². The lowest BCUT2D eigenvalue weighted by Crippen LogP contribution is -1.99. The largest absolute Gasteiger partial charge is 0.339 e. The zero-order chi connectivity index (χ0) is 12.6. The molecule has 1 aromatic carbocycles. The Morgan fingerprint density at radius 1 is 1.17 bits per heavy atom. The normalized spacial score (nSPS) is 10.7. The second kappa shape index (κ2) is 7.18. The van der Waals surface area contributed by atoms with Gasteiger partial charge >= 0.3 is 0 Å². The second-order valence-corrected chi connectivity index (χ2v) is 5.00. The van der Waals surface area contributed by atoms with Gasteiger partial charge in [0.1, 0.15) is 0 Å². The zero-order valence-corrected chi connectivity index (χ0v) is 11.0. The van der Waals surface area contributed by atoms with Crippen molar-refractivity contribution < 1.29 is 4.52 Å². The highest BCUT2D eigenvalue weighted by Crippen LogP contribution is 2.20. The lowest BCUT2D eigenvalue weighted by atomic mass is 10.2. The summed E-state index contributed by atoms with van der Waals surface area (Å²) in [6.07, 6.45) is 2.82. The Morgan fingerprint density at radius 3 is 2.78 bits per heavy atom. The molecule has 0 unspecified atom stereocenters. The molecular formula is C13H17N3OS. The highest BCUT2D eigenvalue weighted by atomic mass is 32.2. The quantitative estimate of drug-likeness (QED) is 0.614. The van der Waals surface area contributed by atoms with Crippen LogP contribution in [0.5, 0.6) is 0 Å². The maximum atomic E-state index is 5.44. The number of aromatic nitrogens is 2. The molecule has 0 radical (unpaired) electrons. The van der Waals surface area contributed by atoms with Gasteiger partial charge in [-0.1, -0.05) is 23.4 Å². The predicted molar refractivity (Wildman–Crippen MR) is 72.3 cm³/mol. The van der Waals surface area contributed by atoms with Crippen LogP contribution in [0.15, 0.2) is 39.8 Å². The first kappa shape index (κ1) is 13.1. The van der Waals surface area contributed by atoms with Crippen LogP contribution >= 0.6 is 11.8 Å². The summed E-state index contributed by atoms with van der Waals surface area (Å²) in [5, 5.41) is 3.97. The molecule has 0 aliphatic rings. The molecule has 18 heavy (non-hydrogen) atoms. The van der Waals surface area contributed by atoms with Crippen LogP contribution in [0.2, 0.25) is 0 Å². The van der Waals surface area contributed by atoms with Gasteiger partial charge in [0.25, 0.3) is 0 Å². The van der Waals surface area contributed by atoms with Gasteiger partial charge in [-0.05, 0) is 31.5 Å². The van der Waals surface area contributed by atoms with Crippen LogP contribution in [0.4, 0.5) is 0 Å². The van der Waals surface area contributed by atoms with Crippen LogP contribution in [-0.4, -0.2) is 16.7 Å². The van der Waals surface area contributed by atoms with Crippen molar-refractivity contribution in [3.8, 4) is 0 Å². The van der Waals surface area contributed by atoms with Crippen molar-refractivity contribution in [2.24, 2.45) is 5.73 Å². The molecule has 4 nitrogen and oxygen atoms in total. The van der Waals surface area contributed by atoms with E-state index in [0.717, 1.165) is 30.8 Å². The summed E-state index contributed by atoms with van der Waals surface area (Å²) in [6, 6.07) is 10.2. The van der Waals surface area contributed by atoms with E-state index in [1.807, 2.05) is 18.2 Å². The average Bonchev–Trinajstić information content (AvgIpc) is 2.86. The number of rotatable bonds is 7. The Morgan fingerprint density at radius 2 is 2.00 bits per heavy atom. The molecule has 0 saturated heterocycles. The Labute approximate surface area is 111 Å². The van der Waals surface area contributed by atoms with Gasteiger partial charge in [-0.15, -0.1) is 11.8 Å². The van der Waals surface area contributed by atoms with E-state index in [9.17, 15) is 0 Å². The molecule has 0 saturated carbocycles. The molecule has 0 aliphatic heterocycles. The first-order valence-corrected chi connectivity index (χ1v) is 7.06. The summed E-state index contributed by atoms with van der Waals surface area (Å²) in [5.41, 5.74) is 5.44. The van der Waals surface area contributed by atoms with Crippen molar-refractivity contribution in [2.75, 3.05) is 6.54 Å². The standard InChI is InChI=1S/C13H17N3OS/c14-9-5-4-8-13-15-12(16-17-13)10-18-11-6-2-1-3-7-11/h1-3,6-7H,4-5,8-10,14H2. The Bertz CT molecular complexity index is 458. The van der Waals surface area contributed by atoms with Gasteiger partial charge in [0.05, 0.1) is 5.75 Å². The summed E-state index contributed by atoms with van der Waals surface area (Å²) in [4.78, 5) is 5.57. The van der Waals surface area contributed by atoms with E-state index in [4.69, 9.17) is 10.3 Å². The lowest BCUT2D eigenvalue weighted by molar-refractivity contribution is 0.371. The van der Waals surface area contributed by atoms with E-state index in [2.05, 4.69) is 22.3 Å². The molecule has 0 spiro atoms. The first-order chi connectivity index (χ1) is 8.88. The molecule has 2 rings (SSSR count). The predicted octanol–water partition coefficient (Wildman–Crippen LogP) is 2.64. The fourth-order valence-corrected chi connectivity index (χ4v) is 2.30. The minimum absolute atomic E-state index is 0.713. The number of nitrogens with two attached hydrogens (primary N) is 1. The molecule has 0 amide bonds. The number of hydrogen-bond acceptors (Lipinski definition) is 5. The number of thioether (sulfide) groups is 1. The molecule has 0 fully saturated rings. The fourth-order valence-electron chi connectivity index (χ4n) is 1.54. The lowest BCUT2D eigenvalue weighted by Gasteiger charge is -1.96. The van der Waals surface area contributed by atoms with Crippen LogP contribution in [0.3, 0.4) is 0 Å². The van der Waals surface area contributed by atoms with Crippen LogP contribution in [-0.2, 0) is 12.2 Å². The van der Waals surface area contributed by atoms with Crippen LogP contribution in [0.1, 0.15) is 24.6 Å². The number of hydrogen-bond donors (Lipinski definition) is 1. The van der Waals surface area contributed by atoms with Gasteiger partial charge < -0.3 is 10.3 Å². The topological polar surface area (TPSA) is 64.9 Å². The number of benzene rings is 1. The van der Waals surface area contributed by atoms with E-state index in [1.54, 1.807) is 11.8 Å². The van der Waals surface area contributed by atoms with Crippen molar-refractivity contribution in [3.63, 3.8) is 0 Å². The van der Waals surface area contributed by atoms with Crippen molar-refractivity contribution in [3.05, 3.63) is 42.0 Å². The van der Waals surface area contributed by atoms with E-state index in [1.165, 1.54) is 4.90 Å². The van der Waals surface area contributed by atoms with Gasteiger partial charge in [0, 0.05) is 11.3 Å². The monoisotopic (exact) mass is 263 g/mol. The van der Waals surface area contributed by atoms with E-state index in [0.29, 0.717) is 12.4 Å². The smallest absolute Gasteiger partial charge is 0.226 e. The van der Waals surface area contributed by atoms with Crippen LogP contribution in [0.25, 0.3) is 0 Å². The van der Waals surface area contributed by atoms with Crippen LogP contribution < -0.4 is 5.73 Å². The highest BCUT2D eigenvalue weighted by molar-refractivity contribution is 7.98. The van der Waals surface area contributed by atoms with E-state index < -0.39 is 0 Å². The van der Waals surface area contributed by atoms with Gasteiger partial charge in [-0.25, -0.2) is 0 Å². The molecule has 1 aromatic heterocycles. The molecule has 0 aliphatic carbocycles. The van der Waals surface area contributed by atoms with Crippen molar-refractivity contribution in [1.29, 1.82) is 0 Å². The van der Waals surface area contributed by atoms with Gasteiger partial charge in [-0.3, -0.25) is 0 Å². The maximum absolute atomic E-state index is 5.44. The van der Waals surface area contributed by atoms with Gasteiger partial charge in [-0.2, -0.15) is 4.98 Å². The molecule has 5 heteroatoms. The minimum Gasteiger partial charge on any atom is -0.339 e. The minimum atomic E-state index is 0.713. The molecule has 96 valence electrons. The summed E-state index contributed by atoms with van der Waals surface area (Å²) in [7, 11) is 0. The van der Waals surface area contributed by atoms with Gasteiger partial charge in [0.15, 0.2) is 5.82 Å². The zero-order valence-electron chi connectivity index (χ0n) is 10.2. The molecule has 0 bridgehead atoms.